The van der Waals surface area contributed by atoms with Gasteiger partial charge in [-0.05, 0) is 13.0 Å². The summed E-state index contributed by atoms with van der Waals surface area (Å²) in [6.07, 6.45) is 0. The van der Waals surface area contributed by atoms with E-state index in [-0.39, 0.29) is 18.5 Å². The van der Waals surface area contributed by atoms with E-state index >= 15 is 0 Å². The summed E-state index contributed by atoms with van der Waals surface area (Å²) in [5.74, 6) is 0.879. The molecule has 2 aliphatic heterocycles. The van der Waals surface area contributed by atoms with Gasteiger partial charge in [0, 0.05) is 17.2 Å². The van der Waals surface area contributed by atoms with Crippen molar-refractivity contribution < 1.29 is 28.9 Å². The number of Topliss-reactive ketones (excluding diaryl/α,β-unsaturated/α-hetero) is 1. The van der Waals surface area contributed by atoms with Crippen LogP contribution in [-0.2, 0) is 11.3 Å². The van der Waals surface area contributed by atoms with Gasteiger partial charge in [0.15, 0.2) is 23.8 Å². The fourth-order valence-electron chi connectivity index (χ4n) is 3.95. The van der Waals surface area contributed by atoms with E-state index in [0.29, 0.717) is 29.3 Å². The monoisotopic (exact) mass is 397 g/mol. The van der Waals surface area contributed by atoms with E-state index in [1.165, 1.54) is 17.4 Å². The highest BCUT2D eigenvalue weighted by Crippen LogP contribution is 2.37. The van der Waals surface area contributed by atoms with Crippen LogP contribution in [0.3, 0.4) is 0 Å². The zero-order valence-corrected chi connectivity index (χ0v) is 16.6. The molecule has 7 nitrogen and oxygen atoms in total. The van der Waals surface area contributed by atoms with Crippen LogP contribution in [-0.4, -0.2) is 51.2 Å². The molecule has 152 valence electrons. The molecule has 0 aromatic heterocycles. The Kier molecular flexibility index (Phi) is 5.78. The van der Waals surface area contributed by atoms with Crippen LogP contribution in [0.15, 0.2) is 42.5 Å². The summed E-state index contributed by atoms with van der Waals surface area (Å²) in [6.45, 7) is 7.02. The van der Waals surface area contributed by atoms with Crippen LogP contribution in [0.25, 0.3) is 0 Å². The second-order valence-corrected chi connectivity index (χ2v) is 7.69. The average Bonchev–Trinajstić information content (AvgIpc) is 3.17. The number of carbonyl (C=O) groups excluding carboxylic acids is 2. The predicted octanol–water partition coefficient (Wildman–Crippen LogP) is -0.460. The highest BCUT2D eigenvalue weighted by atomic mass is 16.7. The van der Waals surface area contributed by atoms with E-state index < -0.39 is 0 Å². The number of hydrogen-bond acceptors (Lipinski definition) is 4. The van der Waals surface area contributed by atoms with Gasteiger partial charge in [0.05, 0.1) is 5.69 Å². The first-order valence-electron chi connectivity index (χ1n) is 10.0. The van der Waals surface area contributed by atoms with Crippen molar-refractivity contribution >= 4 is 17.4 Å². The van der Waals surface area contributed by atoms with Crippen LogP contribution in [0.4, 0.5) is 5.69 Å². The van der Waals surface area contributed by atoms with Crippen LogP contribution >= 0.6 is 0 Å². The smallest absolute Gasteiger partial charge is 0.279 e. The fraction of sp³-hybridized carbons (Fsp3) is 0.364. The predicted molar refractivity (Wildman–Crippen MR) is 108 cm³/mol. The van der Waals surface area contributed by atoms with Crippen LogP contribution in [0.5, 0.6) is 11.5 Å². The largest absolute Gasteiger partial charge is 0.454 e. The number of ketones is 1. The van der Waals surface area contributed by atoms with Gasteiger partial charge < -0.3 is 24.6 Å². The van der Waals surface area contributed by atoms with Crippen molar-refractivity contribution in [1.82, 2.24) is 0 Å². The Balaban J connectivity index is 1.31. The molecular formula is C22H27N3O4+2. The zero-order chi connectivity index (χ0) is 20.2. The van der Waals surface area contributed by atoms with Gasteiger partial charge >= 0.3 is 0 Å². The summed E-state index contributed by atoms with van der Waals surface area (Å²) in [5, 5.41) is 2.90. The molecule has 0 atom stereocenters. The Morgan fingerprint density at radius 1 is 0.966 bits per heavy atom. The van der Waals surface area contributed by atoms with Crippen molar-refractivity contribution in [2.45, 2.75) is 13.5 Å². The van der Waals surface area contributed by atoms with E-state index in [4.69, 9.17) is 9.47 Å². The lowest BCUT2D eigenvalue weighted by atomic mass is 10.1. The van der Waals surface area contributed by atoms with Crippen LogP contribution in [0, 0.1) is 0 Å². The van der Waals surface area contributed by atoms with Crippen molar-refractivity contribution in [3.05, 3.63) is 53.6 Å². The number of fused-ring (bicyclic) bond motifs is 1. The maximum atomic E-state index is 12.6. The van der Waals surface area contributed by atoms with Gasteiger partial charge in [0.25, 0.3) is 5.91 Å². The average molecular weight is 397 g/mol. The lowest BCUT2D eigenvalue weighted by molar-refractivity contribution is -1.02. The standard InChI is InChI=1S/C22H25N3O4/c1-16(26)18-11-20-21(29-15-28-20)12-19(18)23-22(27)14-25-9-7-24(8-10-25)13-17-5-3-2-4-6-17/h2-6,11-12H,7-10,13-15H2,1H3,(H,23,27)/p+2. The highest BCUT2D eigenvalue weighted by molar-refractivity contribution is 6.04. The third-order valence-corrected chi connectivity index (χ3v) is 5.54. The molecule has 7 heteroatoms. The molecule has 0 unspecified atom stereocenters. The van der Waals surface area contributed by atoms with Gasteiger partial charge in [0.1, 0.15) is 32.7 Å². The number of benzene rings is 2. The van der Waals surface area contributed by atoms with Crippen LogP contribution in [0.1, 0.15) is 22.8 Å². The maximum Gasteiger partial charge on any atom is 0.279 e. The van der Waals surface area contributed by atoms with E-state index in [0.717, 1.165) is 32.7 Å². The number of carbonyl (C=O) groups is 2. The van der Waals surface area contributed by atoms with E-state index in [1.54, 1.807) is 17.0 Å². The number of amides is 1. The molecule has 1 amide bonds. The molecule has 0 radical (unpaired) electrons. The van der Waals surface area contributed by atoms with Gasteiger partial charge in [-0.1, -0.05) is 30.3 Å². The van der Waals surface area contributed by atoms with E-state index in [2.05, 4.69) is 29.6 Å². The number of hydrogen-bond donors (Lipinski definition) is 3. The van der Waals surface area contributed by atoms with E-state index in [1.807, 2.05) is 6.07 Å². The van der Waals surface area contributed by atoms with Crippen molar-refractivity contribution in [1.29, 1.82) is 0 Å². The van der Waals surface area contributed by atoms with Crippen molar-refractivity contribution in [3.8, 4) is 11.5 Å². The third-order valence-electron chi connectivity index (χ3n) is 5.54. The molecule has 0 aliphatic carbocycles. The molecule has 4 rings (SSSR count). The summed E-state index contributed by atoms with van der Waals surface area (Å²) in [7, 11) is 0. The SMILES string of the molecule is CC(=O)c1cc2c(cc1NC(=O)C[NH+]1CC[NH+](Cc3ccccc3)CC1)OCO2. The number of ether oxygens (including phenoxy) is 2. The molecule has 3 N–H and O–H groups in total. The number of piperazine rings is 1. The lowest BCUT2D eigenvalue weighted by Gasteiger charge is -2.29. The Bertz CT molecular complexity index is 892. The Morgan fingerprint density at radius 2 is 1.62 bits per heavy atom. The fourth-order valence-corrected chi connectivity index (χ4v) is 3.95. The first-order chi connectivity index (χ1) is 14.1. The third kappa shape index (κ3) is 4.75. The minimum Gasteiger partial charge on any atom is -0.454 e. The Hall–Kier alpha value is -2.90. The minimum absolute atomic E-state index is 0.0899. The maximum absolute atomic E-state index is 12.6. The van der Waals surface area contributed by atoms with E-state index in [9.17, 15) is 9.59 Å². The Morgan fingerprint density at radius 3 is 2.31 bits per heavy atom. The van der Waals surface area contributed by atoms with Gasteiger partial charge in [-0.2, -0.15) is 0 Å². The summed E-state index contributed by atoms with van der Waals surface area (Å²) < 4.78 is 10.7. The second kappa shape index (κ2) is 8.63. The summed E-state index contributed by atoms with van der Waals surface area (Å²) >= 11 is 0. The molecule has 0 saturated carbocycles. The molecule has 2 aromatic carbocycles. The number of nitrogens with one attached hydrogen (secondary N) is 3. The quantitative estimate of drug-likeness (QED) is 0.577. The molecule has 1 fully saturated rings. The zero-order valence-electron chi connectivity index (χ0n) is 16.6. The minimum atomic E-state index is -0.121. The topological polar surface area (TPSA) is 73.5 Å². The van der Waals surface area contributed by atoms with Crippen molar-refractivity contribution in [2.75, 3.05) is 44.8 Å². The van der Waals surface area contributed by atoms with Gasteiger partial charge in [-0.15, -0.1) is 0 Å². The van der Waals surface area contributed by atoms with Crippen LogP contribution < -0.4 is 24.6 Å². The van der Waals surface area contributed by atoms with Crippen molar-refractivity contribution in [2.24, 2.45) is 0 Å². The van der Waals surface area contributed by atoms with Gasteiger partial charge in [0.2, 0.25) is 6.79 Å². The van der Waals surface area contributed by atoms with Gasteiger partial charge in [-0.3, -0.25) is 9.59 Å². The van der Waals surface area contributed by atoms with Crippen LogP contribution in [0.2, 0.25) is 0 Å². The molecule has 0 bridgehead atoms. The molecule has 2 aromatic rings. The molecular weight excluding hydrogens is 370 g/mol. The number of anilines is 1. The second-order valence-electron chi connectivity index (χ2n) is 7.69. The summed E-state index contributed by atoms with van der Waals surface area (Å²) in [4.78, 5) is 27.4. The lowest BCUT2D eigenvalue weighted by Crippen LogP contribution is -3.28. The number of quaternary nitrogens is 2. The first kappa shape index (κ1) is 19.4. The molecule has 29 heavy (non-hydrogen) atoms. The van der Waals surface area contributed by atoms with Crippen molar-refractivity contribution in [3.63, 3.8) is 0 Å². The Labute approximate surface area is 170 Å². The summed E-state index contributed by atoms with van der Waals surface area (Å²) in [5.41, 5.74) is 2.28. The normalized spacial score (nSPS) is 20.3. The number of rotatable bonds is 6. The first-order valence-corrected chi connectivity index (χ1v) is 10.0. The molecule has 1 saturated heterocycles. The highest BCUT2D eigenvalue weighted by Gasteiger charge is 2.26. The molecule has 2 heterocycles. The summed E-state index contributed by atoms with van der Waals surface area (Å²) in [6, 6.07) is 13.8. The molecule has 0 spiro atoms. The van der Waals surface area contributed by atoms with Gasteiger partial charge in [-0.25, -0.2) is 0 Å². The molecule has 2 aliphatic rings.